The number of rotatable bonds is 5. The third-order valence-corrected chi connectivity index (χ3v) is 8.17. The molecule has 45 heavy (non-hydrogen) atoms. The Morgan fingerprint density at radius 1 is 0.533 bits per heavy atom. The first kappa shape index (κ1) is 42.8. The summed E-state index contributed by atoms with van der Waals surface area (Å²) < 4.78 is 0. The topological polar surface area (TPSA) is 0 Å². The molecule has 0 atom stereocenters. The summed E-state index contributed by atoms with van der Waals surface area (Å²) in [5.41, 5.74) is 13.6. The molecule has 0 heterocycles. The third kappa shape index (κ3) is 9.89. The summed E-state index contributed by atoms with van der Waals surface area (Å²) in [4.78, 5) is 0. The molecule has 6 aromatic carbocycles. The zero-order valence-corrected chi connectivity index (χ0v) is 33.3. The van der Waals surface area contributed by atoms with Crippen molar-refractivity contribution in [3.8, 4) is 22.3 Å². The van der Waals surface area contributed by atoms with Crippen LogP contribution in [0.15, 0.2) is 97.1 Å². The van der Waals surface area contributed by atoms with E-state index in [9.17, 15) is 0 Å². The van der Waals surface area contributed by atoms with Crippen molar-refractivity contribution in [2.45, 2.75) is 60.8 Å². The van der Waals surface area contributed by atoms with Crippen LogP contribution in [0.4, 0.5) is 0 Å². The molecule has 0 unspecified atom stereocenters. The van der Waals surface area contributed by atoms with Crippen LogP contribution < -0.4 is 0 Å². The van der Waals surface area contributed by atoms with Crippen molar-refractivity contribution in [3.63, 3.8) is 0 Å². The van der Waals surface area contributed by atoms with Gasteiger partial charge >= 0.3 is 30.2 Å². The van der Waals surface area contributed by atoms with Crippen molar-refractivity contribution in [3.05, 3.63) is 145 Å². The van der Waals surface area contributed by atoms with E-state index in [4.69, 9.17) is 0 Å². The van der Waals surface area contributed by atoms with Gasteiger partial charge in [-0.3, -0.25) is 0 Å². The molecule has 0 aliphatic heterocycles. The summed E-state index contributed by atoms with van der Waals surface area (Å²) in [5, 5.41) is 5.56. The van der Waals surface area contributed by atoms with Crippen LogP contribution in [0, 0.1) is 35.6 Å². The van der Waals surface area contributed by atoms with Crippen molar-refractivity contribution in [1.82, 2.24) is 0 Å². The molecular formula is C41H48Cl2SiZr-4. The van der Waals surface area contributed by atoms with Crippen molar-refractivity contribution in [2.24, 2.45) is 0 Å². The monoisotopic (exact) mass is 728 g/mol. The Kier molecular flexibility index (Phi) is 19.1. The molecule has 0 aromatic heterocycles. The third-order valence-electron chi connectivity index (χ3n) is 8.17. The Labute approximate surface area is 302 Å². The first-order chi connectivity index (χ1) is 19.9. The van der Waals surface area contributed by atoms with Gasteiger partial charge in [-0.2, -0.15) is 12.1 Å². The number of hydrogen-bond acceptors (Lipinski definition) is 0. The summed E-state index contributed by atoms with van der Waals surface area (Å²) in [7, 11) is 0. The second-order valence-electron chi connectivity index (χ2n) is 10.9. The molecule has 238 valence electrons. The van der Waals surface area contributed by atoms with Gasteiger partial charge in [-0.25, -0.2) is 0 Å². The molecule has 4 heteroatoms. The summed E-state index contributed by atoms with van der Waals surface area (Å²) in [5.74, 6) is 0. The summed E-state index contributed by atoms with van der Waals surface area (Å²) in [6.45, 7) is 16.2. The van der Waals surface area contributed by atoms with Crippen LogP contribution in [0.25, 0.3) is 43.8 Å². The Morgan fingerprint density at radius 2 is 0.933 bits per heavy atom. The number of hydrogen-bond donors (Lipinski definition) is 0. The molecule has 6 aromatic rings. The van der Waals surface area contributed by atoms with Crippen LogP contribution >= 0.6 is 24.8 Å². The zero-order valence-electron chi connectivity index (χ0n) is 28.2. The minimum absolute atomic E-state index is 0. The van der Waals surface area contributed by atoms with Gasteiger partial charge < -0.3 is 14.9 Å². The van der Waals surface area contributed by atoms with E-state index >= 15 is 0 Å². The van der Waals surface area contributed by atoms with E-state index in [1.807, 2.05) is 0 Å². The molecule has 6 rings (SSSR count). The Morgan fingerprint density at radius 3 is 1.33 bits per heavy atom. The molecule has 0 saturated heterocycles. The summed E-state index contributed by atoms with van der Waals surface area (Å²) in [6.07, 6.45) is 3.29. The predicted molar refractivity (Wildman–Crippen MR) is 205 cm³/mol. The van der Waals surface area contributed by atoms with Crippen LogP contribution in [0.5, 0.6) is 0 Å². The van der Waals surface area contributed by atoms with Crippen LogP contribution in [0.3, 0.4) is 0 Å². The minimum atomic E-state index is 0. The van der Waals surface area contributed by atoms with Crippen LogP contribution in [0.2, 0.25) is 0 Å². The Hall–Kier alpha value is -2.22. The van der Waals surface area contributed by atoms with Crippen molar-refractivity contribution < 1.29 is 23.3 Å². The van der Waals surface area contributed by atoms with Gasteiger partial charge in [0.1, 0.15) is 0 Å². The number of benzene rings is 4. The van der Waals surface area contributed by atoms with Gasteiger partial charge in [-0.15, -0.1) is 92.9 Å². The molecule has 0 nitrogen and oxygen atoms in total. The van der Waals surface area contributed by atoms with Gasteiger partial charge in [0.25, 0.3) is 0 Å². The van der Waals surface area contributed by atoms with Crippen LogP contribution in [-0.4, -0.2) is 6.88 Å². The number of halogens is 2. The average Bonchev–Trinajstić information content (AvgIpc) is 3.64. The second kappa shape index (κ2) is 20.1. The molecule has 0 spiro atoms. The molecule has 0 bridgehead atoms. The Balaban J connectivity index is 0.000000753. The van der Waals surface area contributed by atoms with E-state index in [1.54, 1.807) is 0 Å². The van der Waals surface area contributed by atoms with E-state index in [2.05, 4.69) is 145 Å². The van der Waals surface area contributed by atoms with E-state index in [0.717, 1.165) is 19.3 Å². The van der Waals surface area contributed by atoms with Crippen molar-refractivity contribution in [2.75, 3.05) is 0 Å². The standard InChI is InChI=1S/C20H21.C19H19.2CH3.2ClH.Si.Zr/c1-4-15-7-9-17(10-8-15)18-11-6-14(3)19-12-16(5-2)13-20(18)19;1-4-15-6-8-16(9-7-15)17-10-5-14(3)18-11-13(2)12-19(17)18;;;;;;/h6-13H,4-5H2,1-3H3;5-12H,4H2,1-3H3;2*1H3;2*1H;;/q4*-1;;;;. The summed E-state index contributed by atoms with van der Waals surface area (Å²) in [6, 6.07) is 36.2. The molecule has 0 N–H and O–H groups in total. The first-order valence-corrected chi connectivity index (χ1v) is 18.9. The van der Waals surface area contributed by atoms with Gasteiger partial charge in [-0.05, 0) is 41.5 Å². The van der Waals surface area contributed by atoms with E-state index in [1.165, 1.54) is 101 Å². The van der Waals surface area contributed by atoms with Crippen molar-refractivity contribution >= 4 is 53.2 Å². The van der Waals surface area contributed by atoms with Crippen LogP contribution in [0.1, 0.15) is 54.2 Å². The summed E-state index contributed by atoms with van der Waals surface area (Å²) >= 11 is 1.36. The molecule has 0 aliphatic rings. The molecule has 2 radical (unpaired) electrons. The number of fused-ring (bicyclic) bond motifs is 2. The van der Waals surface area contributed by atoms with E-state index < -0.39 is 0 Å². The fourth-order valence-electron chi connectivity index (χ4n) is 5.64. The predicted octanol–water partition coefficient (Wildman–Crippen LogP) is 12.4. The second-order valence-corrected chi connectivity index (χ2v) is 10.9. The molecular weight excluding hydrogens is 683 g/mol. The normalized spacial score (nSPS) is 9.71. The van der Waals surface area contributed by atoms with Gasteiger partial charge in [0.2, 0.25) is 0 Å². The number of aryl methyl sites for hydroxylation is 6. The van der Waals surface area contributed by atoms with Gasteiger partial charge in [0.05, 0.1) is 0 Å². The van der Waals surface area contributed by atoms with E-state index in [0.29, 0.717) is 0 Å². The first-order valence-electron chi connectivity index (χ1n) is 14.7. The maximum absolute atomic E-state index is 3.06. The maximum atomic E-state index is 3.06. The molecule has 0 fully saturated rings. The van der Waals surface area contributed by atoms with Gasteiger partial charge in [-0.1, -0.05) is 113 Å². The van der Waals surface area contributed by atoms with Crippen molar-refractivity contribution in [1.29, 1.82) is 0 Å². The SMILES string of the molecule is CCc1ccc(-c2ccc(C)c3[cH-]c(C)cc23)cc1.CCc1ccc(-c2ccc(C)c3[cH-]c(CC)cc23)cc1.Cl.Cl.[CH3-].[CH3-].[Si]=[Zr]. The zero-order chi connectivity index (χ0) is 29.5. The molecule has 0 saturated carbocycles. The van der Waals surface area contributed by atoms with Gasteiger partial charge in [0, 0.05) is 0 Å². The fraction of sp³-hybridized carbons (Fsp3) is 0.220. The average molecular weight is 731 g/mol. The van der Waals surface area contributed by atoms with E-state index in [-0.39, 0.29) is 39.7 Å². The fourth-order valence-corrected chi connectivity index (χ4v) is 5.64. The van der Waals surface area contributed by atoms with Crippen LogP contribution in [-0.2, 0) is 42.6 Å². The molecule has 0 aliphatic carbocycles. The van der Waals surface area contributed by atoms with Gasteiger partial charge in [0.15, 0.2) is 0 Å². The molecule has 0 amide bonds. The quantitative estimate of drug-likeness (QED) is 0.122. The Bertz CT molecular complexity index is 1740.